The summed E-state index contributed by atoms with van der Waals surface area (Å²) in [5, 5.41) is 6.69. The van der Waals surface area contributed by atoms with Crippen molar-refractivity contribution in [3.05, 3.63) is 58.9 Å². The number of nitrogens with zero attached hydrogens (tertiary/aromatic N) is 3. The molecule has 1 saturated heterocycles. The summed E-state index contributed by atoms with van der Waals surface area (Å²) in [4.78, 5) is 23.7. The van der Waals surface area contributed by atoms with Gasteiger partial charge in [-0.3, -0.25) is 9.78 Å². The molecule has 1 atom stereocenters. The maximum Gasteiger partial charge on any atom is 0.223 e. The molecule has 1 aromatic carbocycles. The highest BCUT2D eigenvalue weighted by atomic mass is 127. The molecule has 2 heterocycles. The normalized spacial score (nSPS) is 15.9. The van der Waals surface area contributed by atoms with Gasteiger partial charge < -0.3 is 20.3 Å². The van der Waals surface area contributed by atoms with E-state index in [9.17, 15) is 4.79 Å². The fraction of sp³-hybridized carbons (Fsp3) is 0.480. The number of likely N-dealkylation sites (tertiary alicyclic amines) is 1. The minimum atomic E-state index is 0. The summed E-state index contributed by atoms with van der Waals surface area (Å²) in [6.45, 7) is 9.54. The van der Waals surface area contributed by atoms with E-state index >= 15 is 0 Å². The summed E-state index contributed by atoms with van der Waals surface area (Å²) >= 11 is 0. The van der Waals surface area contributed by atoms with Gasteiger partial charge in [0, 0.05) is 55.8 Å². The highest BCUT2D eigenvalue weighted by Crippen LogP contribution is 2.24. The zero-order chi connectivity index (χ0) is 22.9. The summed E-state index contributed by atoms with van der Waals surface area (Å²) in [5.74, 6) is 2.12. The first-order valence-corrected chi connectivity index (χ1v) is 11.3. The molecule has 0 spiro atoms. The number of carbonyl (C=O) groups excluding carboxylic acids is 1. The van der Waals surface area contributed by atoms with Crippen molar-refractivity contribution in [3.63, 3.8) is 0 Å². The van der Waals surface area contributed by atoms with E-state index in [0.29, 0.717) is 19.5 Å². The lowest BCUT2D eigenvalue weighted by atomic mass is 10.1. The Morgan fingerprint density at radius 3 is 2.70 bits per heavy atom. The number of methoxy groups -OCH3 is 1. The van der Waals surface area contributed by atoms with Gasteiger partial charge in [-0.2, -0.15) is 0 Å². The van der Waals surface area contributed by atoms with E-state index in [0.717, 1.165) is 54.6 Å². The van der Waals surface area contributed by atoms with Crippen LogP contribution in [0.3, 0.4) is 0 Å². The number of hydrogen-bond donors (Lipinski definition) is 2. The Hall–Kier alpha value is -2.36. The number of benzene rings is 1. The SMILES string of the molecule is CCNC(=NCc1ncc(C)c(OC)c1C)NCC1CC(=O)N(CCc2ccccc2)C1.I. The maximum atomic E-state index is 12.4. The Morgan fingerprint density at radius 2 is 2.00 bits per heavy atom. The molecule has 8 heteroatoms. The molecule has 1 amide bonds. The lowest BCUT2D eigenvalue weighted by molar-refractivity contribution is -0.127. The molecule has 0 saturated carbocycles. The molecule has 1 aromatic heterocycles. The fourth-order valence-corrected chi connectivity index (χ4v) is 4.08. The smallest absolute Gasteiger partial charge is 0.223 e. The number of hydrogen-bond acceptors (Lipinski definition) is 4. The summed E-state index contributed by atoms with van der Waals surface area (Å²) in [6.07, 6.45) is 3.30. The summed E-state index contributed by atoms with van der Waals surface area (Å²) in [7, 11) is 1.68. The number of rotatable bonds is 9. The maximum absolute atomic E-state index is 12.4. The third kappa shape index (κ3) is 7.58. The molecule has 0 radical (unpaired) electrons. The topological polar surface area (TPSA) is 78.9 Å². The van der Waals surface area contributed by atoms with Gasteiger partial charge in [0.05, 0.1) is 19.3 Å². The summed E-state index contributed by atoms with van der Waals surface area (Å²) < 4.78 is 5.50. The van der Waals surface area contributed by atoms with Crippen LogP contribution >= 0.6 is 24.0 Å². The average molecular weight is 566 g/mol. The molecular formula is C25H36IN5O2. The number of aryl methyl sites for hydroxylation is 1. The molecule has 7 nitrogen and oxygen atoms in total. The minimum absolute atomic E-state index is 0. The Balaban J connectivity index is 0.00000385. The highest BCUT2D eigenvalue weighted by molar-refractivity contribution is 14.0. The van der Waals surface area contributed by atoms with Crippen molar-refractivity contribution >= 4 is 35.8 Å². The lowest BCUT2D eigenvalue weighted by Gasteiger charge is -2.18. The second-order valence-corrected chi connectivity index (χ2v) is 8.27. The van der Waals surface area contributed by atoms with Crippen LogP contribution < -0.4 is 15.4 Å². The summed E-state index contributed by atoms with van der Waals surface area (Å²) in [6, 6.07) is 10.3. The van der Waals surface area contributed by atoms with E-state index in [-0.39, 0.29) is 35.8 Å². The van der Waals surface area contributed by atoms with E-state index in [1.807, 2.05) is 50.1 Å². The van der Waals surface area contributed by atoms with Crippen LogP contribution in [-0.2, 0) is 17.8 Å². The average Bonchev–Trinajstić information content (AvgIpc) is 3.15. The molecule has 1 aliphatic rings. The largest absolute Gasteiger partial charge is 0.496 e. The number of amides is 1. The van der Waals surface area contributed by atoms with Crippen LogP contribution in [0.5, 0.6) is 5.75 Å². The monoisotopic (exact) mass is 565 g/mol. The molecule has 180 valence electrons. The zero-order valence-electron chi connectivity index (χ0n) is 20.1. The Morgan fingerprint density at radius 1 is 1.24 bits per heavy atom. The van der Waals surface area contributed by atoms with Gasteiger partial charge in [0.25, 0.3) is 0 Å². The number of ether oxygens (including phenoxy) is 1. The predicted molar refractivity (Wildman–Crippen MR) is 143 cm³/mol. The van der Waals surface area contributed by atoms with Crippen LogP contribution in [0.1, 0.15) is 35.7 Å². The Labute approximate surface area is 214 Å². The van der Waals surface area contributed by atoms with Crippen LogP contribution in [0.4, 0.5) is 0 Å². The number of aliphatic imine (C=N–C) groups is 1. The van der Waals surface area contributed by atoms with E-state index in [1.54, 1.807) is 7.11 Å². The van der Waals surface area contributed by atoms with E-state index in [2.05, 4.69) is 27.8 Å². The molecule has 1 fully saturated rings. The van der Waals surface area contributed by atoms with Gasteiger partial charge in [-0.05, 0) is 32.8 Å². The lowest BCUT2D eigenvalue weighted by Crippen LogP contribution is -2.40. The zero-order valence-corrected chi connectivity index (χ0v) is 22.4. The van der Waals surface area contributed by atoms with Crippen LogP contribution in [0.2, 0.25) is 0 Å². The van der Waals surface area contributed by atoms with Crippen molar-refractivity contribution < 1.29 is 9.53 Å². The predicted octanol–water partition coefficient (Wildman–Crippen LogP) is 3.47. The number of carbonyl (C=O) groups is 1. The van der Waals surface area contributed by atoms with Crippen molar-refractivity contribution in [3.8, 4) is 5.75 Å². The number of guanidine groups is 1. The molecule has 1 unspecified atom stereocenters. The van der Waals surface area contributed by atoms with Gasteiger partial charge in [-0.15, -0.1) is 24.0 Å². The Bertz CT molecular complexity index is 936. The second kappa shape index (κ2) is 13.4. The number of nitrogens with one attached hydrogen (secondary N) is 2. The quantitative estimate of drug-likeness (QED) is 0.277. The van der Waals surface area contributed by atoms with Crippen LogP contribution in [-0.4, -0.2) is 55.0 Å². The number of aromatic nitrogens is 1. The van der Waals surface area contributed by atoms with Crippen LogP contribution in [0.25, 0.3) is 0 Å². The van der Waals surface area contributed by atoms with Gasteiger partial charge in [0.1, 0.15) is 5.75 Å². The first-order chi connectivity index (χ1) is 15.5. The molecular weight excluding hydrogens is 529 g/mol. The van der Waals surface area contributed by atoms with Gasteiger partial charge in [0.2, 0.25) is 5.91 Å². The highest BCUT2D eigenvalue weighted by Gasteiger charge is 2.29. The fourth-order valence-electron chi connectivity index (χ4n) is 4.08. The van der Waals surface area contributed by atoms with Gasteiger partial charge in [-0.25, -0.2) is 4.99 Å². The first-order valence-electron chi connectivity index (χ1n) is 11.3. The van der Waals surface area contributed by atoms with Crippen molar-refractivity contribution in [2.45, 2.75) is 40.2 Å². The third-order valence-corrected chi connectivity index (χ3v) is 5.85. The third-order valence-electron chi connectivity index (χ3n) is 5.85. The molecule has 0 aliphatic carbocycles. The standard InChI is InChI=1S/C25H35N5O2.HI/c1-5-26-25(29-16-22-19(3)24(32-4)18(2)14-27-22)28-15-21-13-23(31)30(17-21)12-11-20-9-7-6-8-10-20;/h6-10,14,21H,5,11-13,15-17H2,1-4H3,(H2,26,28,29);1H. The second-order valence-electron chi connectivity index (χ2n) is 8.27. The van der Waals surface area contributed by atoms with Gasteiger partial charge >= 0.3 is 0 Å². The van der Waals surface area contributed by atoms with Crippen LogP contribution in [0.15, 0.2) is 41.5 Å². The van der Waals surface area contributed by atoms with Crippen LogP contribution in [0, 0.1) is 19.8 Å². The number of pyridine rings is 1. The van der Waals surface area contributed by atoms with Gasteiger partial charge in [-0.1, -0.05) is 30.3 Å². The van der Waals surface area contributed by atoms with Gasteiger partial charge in [0.15, 0.2) is 5.96 Å². The molecule has 2 N–H and O–H groups in total. The van der Waals surface area contributed by atoms with E-state index in [4.69, 9.17) is 9.73 Å². The van der Waals surface area contributed by atoms with Crippen molar-refractivity contribution in [2.24, 2.45) is 10.9 Å². The van der Waals surface area contributed by atoms with Crippen molar-refractivity contribution in [2.75, 3.05) is 33.3 Å². The number of halogens is 1. The molecule has 2 aromatic rings. The van der Waals surface area contributed by atoms with E-state index < -0.39 is 0 Å². The summed E-state index contributed by atoms with van der Waals surface area (Å²) in [5.41, 5.74) is 4.20. The first kappa shape index (κ1) is 26.9. The molecule has 1 aliphatic heterocycles. The van der Waals surface area contributed by atoms with Crippen molar-refractivity contribution in [1.29, 1.82) is 0 Å². The Kier molecular flexibility index (Phi) is 10.9. The molecule has 0 bridgehead atoms. The van der Waals surface area contributed by atoms with E-state index in [1.165, 1.54) is 5.56 Å². The molecule has 3 rings (SSSR count). The molecule has 33 heavy (non-hydrogen) atoms. The van der Waals surface area contributed by atoms with Crippen molar-refractivity contribution in [1.82, 2.24) is 20.5 Å². The minimum Gasteiger partial charge on any atom is -0.496 e.